The average Bonchev–Trinajstić information content (AvgIpc) is 3.59. The first-order valence-corrected chi connectivity index (χ1v) is 27.4. The van der Waals surface area contributed by atoms with Crippen LogP contribution in [0.3, 0.4) is 0 Å². The zero-order valence-corrected chi connectivity index (χ0v) is 51.9. The topological polar surface area (TPSA) is 259 Å². The predicted molar refractivity (Wildman–Crippen MR) is 333 cm³/mol. The summed E-state index contributed by atoms with van der Waals surface area (Å²) in [6, 6.07) is 13.3. The molecule has 1 atom stereocenters. The smallest absolute Gasteiger partial charge is 0.407 e. The van der Waals surface area contributed by atoms with E-state index >= 15 is 0 Å². The van der Waals surface area contributed by atoms with Crippen LogP contribution < -0.4 is 41.5 Å². The molecule has 1 aromatic carbocycles. The Hall–Kier alpha value is -7.38. The highest BCUT2D eigenvalue weighted by molar-refractivity contribution is 6.31. The molecule has 0 fully saturated rings. The molecule has 84 heavy (non-hydrogen) atoms. The lowest BCUT2D eigenvalue weighted by Gasteiger charge is -2.19. The number of carbonyl (C=O) groups excluding carboxylic acids is 3. The number of carbonyl (C=O) groups is 3. The monoisotopic (exact) mass is 1240 g/mol. The van der Waals surface area contributed by atoms with Crippen molar-refractivity contribution in [3.8, 4) is 53.2 Å². The molecule has 5 aromatic rings. The van der Waals surface area contributed by atoms with Crippen molar-refractivity contribution in [2.75, 3.05) is 47.5 Å². The van der Waals surface area contributed by atoms with Gasteiger partial charge >= 0.3 is 12.2 Å². The van der Waals surface area contributed by atoms with E-state index in [-0.39, 0.29) is 36.7 Å². The van der Waals surface area contributed by atoms with E-state index in [4.69, 9.17) is 64.2 Å². The zero-order valence-electron chi connectivity index (χ0n) is 48.8. The van der Waals surface area contributed by atoms with Gasteiger partial charge in [0.25, 0.3) is 11.5 Å². The third-order valence-corrected chi connectivity index (χ3v) is 10.7. The lowest BCUT2D eigenvalue weighted by molar-refractivity contribution is 0.0517. The van der Waals surface area contributed by atoms with Crippen LogP contribution in [-0.4, -0.2) is 111 Å². The highest BCUT2D eigenvalue weighted by Crippen LogP contribution is 2.21. The number of nitrogens with zero attached hydrogens (tertiary/aromatic N) is 7. The summed E-state index contributed by atoms with van der Waals surface area (Å²) in [5, 5.41) is 9.15. The summed E-state index contributed by atoms with van der Waals surface area (Å²) in [5.74, 6) is 20.6. The number of unbranched alkanes of at least 4 members (excludes halogenated alkanes) is 2. The van der Waals surface area contributed by atoms with Crippen LogP contribution in [-0.2, 0) is 22.3 Å². The number of alkyl carbamates (subject to hydrolysis) is 2. The van der Waals surface area contributed by atoms with Gasteiger partial charge in [-0.25, -0.2) is 24.5 Å². The second-order valence-electron chi connectivity index (χ2n) is 19.1. The Bertz CT molecular complexity index is 3000. The Kier molecular flexibility index (Phi) is 39.5. The van der Waals surface area contributed by atoms with Crippen LogP contribution in [0, 0.1) is 35.5 Å². The van der Waals surface area contributed by atoms with Crippen molar-refractivity contribution in [3.63, 3.8) is 0 Å². The maximum absolute atomic E-state index is 13.0. The summed E-state index contributed by atoms with van der Waals surface area (Å²) in [7, 11) is 4.68. The predicted octanol–water partition coefficient (Wildman–Crippen LogP) is 10.9. The SMILES string of the molecule is C.CC(C)(C)OC(=O)NCCC#CCCN.COc1ccnc(CCCC#CCCNC(=O)OC(C)(C)C)n1.COc1ccnc(CCCC#CCCNC(=O)c2cc(Cl)cn(C(C)c3ccc(Cl)cc3)c2=O)n1.COc1ccnc(Cl)n1.Cl. The molecule has 0 aliphatic carbocycles. The van der Waals surface area contributed by atoms with E-state index in [0.717, 1.165) is 42.9 Å². The Morgan fingerprint density at radius 1 is 0.607 bits per heavy atom. The molecule has 0 saturated carbocycles. The maximum Gasteiger partial charge on any atom is 0.407 e. The van der Waals surface area contributed by atoms with Gasteiger partial charge in [0, 0.05) is 126 Å². The Balaban J connectivity index is 0.00000121. The van der Waals surface area contributed by atoms with E-state index in [1.165, 1.54) is 30.1 Å². The molecule has 4 heterocycles. The number of aryl methyl sites for hydroxylation is 2. The fourth-order valence-corrected chi connectivity index (χ4v) is 6.75. The number of rotatable bonds is 19. The second-order valence-corrected chi connectivity index (χ2v) is 20.3. The quantitative estimate of drug-likeness (QED) is 0.0340. The molecule has 458 valence electrons. The summed E-state index contributed by atoms with van der Waals surface area (Å²) < 4.78 is 26.5. The Labute approximate surface area is 516 Å². The molecule has 0 aliphatic heterocycles. The Morgan fingerprint density at radius 2 is 1.02 bits per heavy atom. The first-order chi connectivity index (χ1) is 39.1. The van der Waals surface area contributed by atoms with Crippen molar-refractivity contribution in [2.45, 2.75) is 137 Å². The molecule has 0 aliphatic rings. The molecule has 0 radical (unpaired) electrons. The number of nitrogens with two attached hydrogens (primary N) is 1. The van der Waals surface area contributed by atoms with Crippen LogP contribution in [0.4, 0.5) is 9.59 Å². The molecule has 5 rings (SSSR count). The lowest BCUT2D eigenvalue weighted by atomic mass is 10.1. The minimum absolute atomic E-state index is 0. The summed E-state index contributed by atoms with van der Waals surface area (Å²) in [6.45, 7) is 14.7. The van der Waals surface area contributed by atoms with Gasteiger partial charge < -0.3 is 49.9 Å². The van der Waals surface area contributed by atoms with Crippen LogP contribution in [0.2, 0.25) is 15.3 Å². The van der Waals surface area contributed by atoms with Crippen molar-refractivity contribution in [1.29, 1.82) is 0 Å². The summed E-state index contributed by atoms with van der Waals surface area (Å²) in [5.41, 5.74) is 4.79. The van der Waals surface area contributed by atoms with Gasteiger partial charge in [0.2, 0.25) is 22.9 Å². The first-order valence-electron chi connectivity index (χ1n) is 26.3. The van der Waals surface area contributed by atoms with Crippen LogP contribution in [0.25, 0.3) is 0 Å². The molecule has 5 N–H and O–H groups in total. The highest BCUT2D eigenvalue weighted by Gasteiger charge is 2.19. The van der Waals surface area contributed by atoms with Gasteiger partial charge in [-0.2, -0.15) is 15.0 Å². The molecule has 20 nitrogen and oxygen atoms in total. The fraction of sp³-hybridized carbons (Fsp3) is 0.467. The summed E-state index contributed by atoms with van der Waals surface area (Å²) in [4.78, 5) is 72.5. The van der Waals surface area contributed by atoms with E-state index in [1.807, 2.05) is 60.6 Å². The maximum atomic E-state index is 13.0. The molecule has 1 unspecified atom stereocenters. The summed E-state index contributed by atoms with van der Waals surface area (Å²) in [6.07, 6.45) is 12.7. The third kappa shape index (κ3) is 35.6. The number of halogens is 4. The van der Waals surface area contributed by atoms with Crippen LogP contribution in [0.1, 0.15) is 141 Å². The van der Waals surface area contributed by atoms with Gasteiger partial charge in [0.1, 0.15) is 28.4 Å². The first kappa shape index (κ1) is 76.6. The van der Waals surface area contributed by atoms with Gasteiger partial charge in [0.15, 0.2) is 0 Å². The fourth-order valence-electron chi connectivity index (χ4n) is 6.27. The standard InChI is InChI=1S/C26H26Cl2N4O3.C17H25N3O3.C11H20N2O2.C5H5ClN2O.CH4.ClH/c1-18(19-9-11-20(27)12-10-19)32-17-21(28)16-22(26(32)34)25(33)30-14-7-5-3-4-6-8-23-29-15-13-24(31-23)35-2;1-17(2,3)23-16(21)19-12-9-7-5-6-8-10-14-18-13-11-15(20-14)22-4;1-11(2,3)15-10(14)13-9-7-5-4-6-8-12;1-9-4-2-3-7-5(6)8-4;;/h9-13,15-18H,4,6-8,14H2,1-2H3,(H,30,33);11,13H,6,8-10,12H2,1-4H3,(H,19,21);6-9,12H2,1-3H3,(H,13,14);2-3H,1H3;1H4;1H. The number of benzene rings is 1. The van der Waals surface area contributed by atoms with E-state index in [2.05, 4.69) is 81.4 Å². The van der Waals surface area contributed by atoms with Crippen molar-refractivity contribution in [1.82, 2.24) is 50.4 Å². The van der Waals surface area contributed by atoms with Crippen molar-refractivity contribution in [3.05, 3.63) is 122 Å². The molecule has 0 spiro atoms. The van der Waals surface area contributed by atoms with Crippen LogP contribution in [0.5, 0.6) is 17.6 Å². The van der Waals surface area contributed by atoms with Gasteiger partial charge in [-0.15, -0.1) is 47.9 Å². The molecule has 4 aromatic heterocycles. The molecular weight excluding hydrogens is 1160 g/mol. The van der Waals surface area contributed by atoms with Gasteiger partial charge in [0.05, 0.1) is 32.4 Å². The molecule has 0 saturated heterocycles. The highest BCUT2D eigenvalue weighted by atomic mass is 35.5. The van der Waals surface area contributed by atoms with E-state index in [9.17, 15) is 19.2 Å². The van der Waals surface area contributed by atoms with Crippen molar-refractivity contribution >= 4 is 65.3 Å². The number of aromatic nitrogens is 7. The number of ether oxygens (including phenoxy) is 5. The van der Waals surface area contributed by atoms with E-state index in [1.54, 1.807) is 56.9 Å². The number of pyridine rings is 1. The second kappa shape index (κ2) is 43.3. The number of amides is 3. The largest absolute Gasteiger partial charge is 0.481 e. The van der Waals surface area contributed by atoms with Crippen LogP contribution in [0.15, 0.2) is 78.1 Å². The van der Waals surface area contributed by atoms with Crippen molar-refractivity contribution in [2.24, 2.45) is 5.73 Å². The molecule has 0 bridgehead atoms. The van der Waals surface area contributed by atoms with Crippen molar-refractivity contribution < 1.29 is 38.1 Å². The number of nitrogens with one attached hydrogen (secondary N) is 3. The normalized spacial score (nSPS) is 10.4. The third-order valence-electron chi connectivity index (χ3n) is 10.0. The molecular formula is C60H81Cl4N11O9. The molecule has 3 amide bonds. The lowest BCUT2D eigenvalue weighted by Crippen LogP contribution is -2.34. The van der Waals surface area contributed by atoms with Crippen LogP contribution >= 0.6 is 47.2 Å². The Morgan fingerprint density at radius 3 is 1.44 bits per heavy atom. The number of hydrogen-bond donors (Lipinski definition) is 4. The van der Waals surface area contributed by atoms with Gasteiger partial charge in [-0.1, -0.05) is 42.8 Å². The van der Waals surface area contributed by atoms with Gasteiger partial charge in [-0.3, -0.25) is 9.59 Å². The number of methoxy groups -OCH3 is 3. The van der Waals surface area contributed by atoms with E-state index in [0.29, 0.717) is 92.4 Å². The summed E-state index contributed by atoms with van der Waals surface area (Å²) >= 11 is 17.6. The minimum atomic E-state index is -0.480. The molecule has 24 heteroatoms. The van der Waals surface area contributed by atoms with E-state index < -0.39 is 34.9 Å². The number of hydrogen-bond acceptors (Lipinski definition) is 16. The van der Waals surface area contributed by atoms with Gasteiger partial charge in [-0.05, 0) is 96.7 Å². The zero-order chi connectivity index (χ0) is 60.8. The average molecular weight is 1240 g/mol. The minimum Gasteiger partial charge on any atom is -0.481 e.